The zero-order valence-corrected chi connectivity index (χ0v) is 13.9. The summed E-state index contributed by atoms with van der Waals surface area (Å²) in [6.45, 7) is 0.201. The number of para-hydroxylation sites is 1. The number of nitriles is 1. The second-order valence-electron chi connectivity index (χ2n) is 4.42. The molecule has 3 rings (SSSR count). The third-order valence-electron chi connectivity index (χ3n) is 3.09. The van der Waals surface area contributed by atoms with Crippen LogP contribution in [0.1, 0.15) is 11.6 Å². The molecule has 1 N–H and O–H groups in total. The monoisotopic (exact) mass is 408 g/mol. The lowest BCUT2D eigenvalue weighted by molar-refractivity contribution is 0.173. The van der Waals surface area contributed by atoms with E-state index in [1.54, 1.807) is 0 Å². The smallest absolute Gasteiger partial charge is 0.231 e. The van der Waals surface area contributed by atoms with Gasteiger partial charge in [0, 0.05) is 10.2 Å². The molecular weight excluding hydrogens is 400 g/mol. The SMILES string of the molecule is N#CC(Nc1ccccc1Br)c1cc(Br)c2c(c1)OCO2. The summed E-state index contributed by atoms with van der Waals surface area (Å²) in [6, 6.07) is 13.1. The Morgan fingerprint density at radius 1 is 1.14 bits per heavy atom. The van der Waals surface area contributed by atoms with Gasteiger partial charge < -0.3 is 14.8 Å². The quantitative estimate of drug-likeness (QED) is 0.803. The van der Waals surface area contributed by atoms with Crippen molar-refractivity contribution < 1.29 is 9.47 Å². The van der Waals surface area contributed by atoms with Crippen molar-refractivity contribution in [1.29, 1.82) is 5.26 Å². The van der Waals surface area contributed by atoms with Gasteiger partial charge in [-0.2, -0.15) is 5.26 Å². The van der Waals surface area contributed by atoms with Gasteiger partial charge in [-0.05, 0) is 61.7 Å². The van der Waals surface area contributed by atoms with Crippen molar-refractivity contribution in [3.8, 4) is 17.6 Å². The largest absolute Gasteiger partial charge is 0.454 e. The van der Waals surface area contributed by atoms with E-state index in [0.717, 1.165) is 20.2 Å². The first-order chi connectivity index (χ1) is 10.2. The third-order valence-corrected chi connectivity index (χ3v) is 4.37. The van der Waals surface area contributed by atoms with Crippen molar-refractivity contribution in [3.05, 3.63) is 50.9 Å². The van der Waals surface area contributed by atoms with Crippen LogP contribution in [0.3, 0.4) is 0 Å². The number of benzene rings is 2. The van der Waals surface area contributed by atoms with Crippen molar-refractivity contribution in [1.82, 2.24) is 0 Å². The van der Waals surface area contributed by atoms with E-state index in [1.807, 2.05) is 36.4 Å². The second kappa shape index (κ2) is 5.96. The molecule has 6 heteroatoms. The van der Waals surface area contributed by atoms with Crippen molar-refractivity contribution in [2.45, 2.75) is 6.04 Å². The molecule has 2 aromatic rings. The third kappa shape index (κ3) is 2.85. The van der Waals surface area contributed by atoms with Crippen molar-refractivity contribution in [3.63, 3.8) is 0 Å². The Hall–Kier alpha value is -1.71. The van der Waals surface area contributed by atoms with Crippen molar-refractivity contribution >= 4 is 37.5 Å². The molecule has 0 radical (unpaired) electrons. The topological polar surface area (TPSA) is 54.3 Å². The van der Waals surface area contributed by atoms with E-state index in [1.165, 1.54) is 0 Å². The van der Waals surface area contributed by atoms with Gasteiger partial charge in [-0.25, -0.2) is 0 Å². The average Bonchev–Trinajstić information content (AvgIpc) is 2.95. The van der Waals surface area contributed by atoms with Crippen LogP contribution in [0.2, 0.25) is 0 Å². The number of nitrogens with one attached hydrogen (secondary N) is 1. The maximum Gasteiger partial charge on any atom is 0.231 e. The van der Waals surface area contributed by atoms with Crippen LogP contribution < -0.4 is 14.8 Å². The first-order valence-electron chi connectivity index (χ1n) is 6.19. The number of hydrogen-bond acceptors (Lipinski definition) is 4. The van der Waals surface area contributed by atoms with Gasteiger partial charge in [0.1, 0.15) is 6.04 Å². The number of fused-ring (bicyclic) bond motifs is 1. The summed E-state index contributed by atoms with van der Waals surface area (Å²) in [4.78, 5) is 0. The molecule has 0 aromatic heterocycles. The highest BCUT2D eigenvalue weighted by atomic mass is 79.9. The Bertz CT molecular complexity index is 728. The second-order valence-corrected chi connectivity index (χ2v) is 6.13. The van der Waals surface area contributed by atoms with Crippen LogP contribution in [0.5, 0.6) is 11.5 Å². The lowest BCUT2D eigenvalue weighted by atomic mass is 10.1. The highest BCUT2D eigenvalue weighted by molar-refractivity contribution is 9.11. The van der Waals surface area contributed by atoms with E-state index in [0.29, 0.717) is 11.5 Å². The predicted octanol–water partition coefficient (Wildman–Crippen LogP) is 4.62. The molecular formula is C15H10Br2N2O2. The summed E-state index contributed by atoms with van der Waals surface area (Å²) in [5.74, 6) is 1.32. The molecule has 106 valence electrons. The molecule has 0 aliphatic carbocycles. The number of anilines is 1. The van der Waals surface area contributed by atoms with Gasteiger partial charge in [0.25, 0.3) is 0 Å². The fourth-order valence-electron chi connectivity index (χ4n) is 2.08. The van der Waals surface area contributed by atoms with E-state index in [4.69, 9.17) is 9.47 Å². The van der Waals surface area contributed by atoms with Gasteiger partial charge in [0.05, 0.1) is 10.5 Å². The molecule has 1 aliphatic heterocycles. The maximum atomic E-state index is 9.46. The van der Waals surface area contributed by atoms with E-state index in [-0.39, 0.29) is 6.79 Å². The maximum absolute atomic E-state index is 9.46. The minimum atomic E-state index is -0.491. The van der Waals surface area contributed by atoms with Crippen LogP contribution in [0.4, 0.5) is 5.69 Å². The van der Waals surface area contributed by atoms with E-state index in [2.05, 4.69) is 43.2 Å². The van der Waals surface area contributed by atoms with Crippen LogP contribution in [0.25, 0.3) is 0 Å². The van der Waals surface area contributed by atoms with Gasteiger partial charge in [-0.1, -0.05) is 12.1 Å². The summed E-state index contributed by atoms with van der Waals surface area (Å²) < 4.78 is 12.4. The minimum absolute atomic E-state index is 0.201. The molecule has 1 atom stereocenters. The lowest BCUT2D eigenvalue weighted by Gasteiger charge is -2.15. The normalized spacial score (nSPS) is 13.6. The summed E-state index contributed by atoms with van der Waals surface area (Å²) in [5.41, 5.74) is 1.67. The fourth-order valence-corrected chi connectivity index (χ4v) is 3.05. The first-order valence-corrected chi connectivity index (χ1v) is 7.77. The van der Waals surface area contributed by atoms with Crippen LogP contribution in [0, 0.1) is 11.3 Å². The zero-order valence-electron chi connectivity index (χ0n) is 10.8. The van der Waals surface area contributed by atoms with E-state index in [9.17, 15) is 5.26 Å². The first kappa shape index (κ1) is 14.2. The number of ether oxygens (including phenoxy) is 2. The molecule has 2 aromatic carbocycles. The molecule has 4 nitrogen and oxygen atoms in total. The molecule has 0 spiro atoms. The fraction of sp³-hybridized carbons (Fsp3) is 0.133. The lowest BCUT2D eigenvalue weighted by Crippen LogP contribution is -2.09. The Labute approximate surface area is 138 Å². The van der Waals surface area contributed by atoms with E-state index >= 15 is 0 Å². The number of rotatable bonds is 3. The molecule has 0 saturated carbocycles. The standard InChI is InChI=1S/C15H10Br2N2O2/c16-10-3-1-2-4-12(10)19-13(7-18)9-5-11(17)15-14(6-9)20-8-21-15/h1-6,13,19H,8H2. The Morgan fingerprint density at radius 3 is 2.71 bits per heavy atom. The molecule has 21 heavy (non-hydrogen) atoms. The summed E-state index contributed by atoms with van der Waals surface area (Å²) in [7, 11) is 0. The molecule has 1 aliphatic rings. The van der Waals surface area contributed by atoms with Gasteiger partial charge in [0.2, 0.25) is 6.79 Å². The van der Waals surface area contributed by atoms with Gasteiger partial charge in [0.15, 0.2) is 11.5 Å². The average molecular weight is 410 g/mol. The molecule has 0 bridgehead atoms. The van der Waals surface area contributed by atoms with Gasteiger partial charge >= 0.3 is 0 Å². The Balaban J connectivity index is 1.93. The summed E-state index contributed by atoms with van der Waals surface area (Å²) in [6.07, 6.45) is 0. The molecule has 0 fully saturated rings. The van der Waals surface area contributed by atoms with Crippen molar-refractivity contribution in [2.75, 3.05) is 12.1 Å². The molecule has 0 saturated heterocycles. The number of hydrogen-bond donors (Lipinski definition) is 1. The van der Waals surface area contributed by atoms with E-state index < -0.39 is 6.04 Å². The number of halogens is 2. The Kier molecular flexibility index (Phi) is 4.04. The molecule has 1 unspecified atom stereocenters. The zero-order chi connectivity index (χ0) is 14.8. The van der Waals surface area contributed by atoms with Crippen LogP contribution in [-0.2, 0) is 0 Å². The van der Waals surface area contributed by atoms with Gasteiger partial charge in [-0.15, -0.1) is 0 Å². The molecule has 0 amide bonds. The highest BCUT2D eigenvalue weighted by Gasteiger charge is 2.21. The molecule has 1 heterocycles. The predicted molar refractivity (Wildman–Crippen MR) is 86.4 cm³/mol. The minimum Gasteiger partial charge on any atom is -0.454 e. The summed E-state index contributed by atoms with van der Waals surface area (Å²) in [5, 5.41) is 12.7. The van der Waals surface area contributed by atoms with Crippen LogP contribution in [0.15, 0.2) is 45.3 Å². The van der Waals surface area contributed by atoms with Gasteiger partial charge in [-0.3, -0.25) is 0 Å². The van der Waals surface area contributed by atoms with Crippen LogP contribution >= 0.6 is 31.9 Å². The van der Waals surface area contributed by atoms with Crippen molar-refractivity contribution in [2.24, 2.45) is 0 Å². The highest BCUT2D eigenvalue weighted by Crippen LogP contribution is 2.41. The van der Waals surface area contributed by atoms with Crippen LogP contribution in [-0.4, -0.2) is 6.79 Å². The Morgan fingerprint density at radius 2 is 1.95 bits per heavy atom. The number of nitrogens with zero attached hydrogens (tertiary/aromatic N) is 1. The summed E-state index contributed by atoms with van der Waals surface area (Å²) >= 11 is 6.91.